The van der Waals surface area contributed by atoms with E-state index in [0.29, 0.717) is 28.1 Å². The molecule has 3 rings (SSSR count). The summed E-state index contributed by atoms with van der Waals surface area (Å²) in [6, 6.07) is 5.19. The van der Waals surface area contributed by atoms with E-state index in [1.807, 2.05) is 0 Å². The van der Waals surface area contributed by atoms with Crippen LogP contribution in [0.25, 0.3) is 16.6 Å². The Morgan fingerprint density at radius 3 is 3.06 bits per heavy atom. The van der Waals surface area contributed by atoms with Crippen molar-refractivity contribution in [3.05, 3.63) is 34.5 Å². The lowest BCUT2D eigenvalue weighted by Crippen LogP contribution is -2.17. The van der Waals surface area contributed by atoms with Crippen LogP contribution in [0.1, 0.15) is 5.82 Å². The van der Waals surface area contributed by atoms with E-state index in [0.717, 1.165) is 4.52 Å². The molecule has 0 aliphatic rings. The Morgan fingerprint density at radius 2 is 2.33 bits per heavy atom. The molecule has 0 unspecified atom stereocenters. The Labute approximate surface area is 101 Å². The fraction of sp³-hybridized carbons (Fsp3) is 0.182. The summed E-state index contributed by atoms with van der Waals surface area (Å²) in [4.78, 5) is 18.5. The minimum atomic E-state index is -0.487. The second-order valence-electron chi connectivity index (χ2n) is 3.77. The first-order valence-corrected chi connectivity index (χ1v) is 5.29. The number of aliphatic hydroxyl groups is 1. The lowest BCUT2D eigenvalue weighted by atomic mass is 10.2. The molecule has 0 bridgehead atoms. The van der Waals surface area contributed by atoms with Crippen LogP contribution in [0.3, 0.4) is 0 Å². The Kier molecular flexibility index (Phi) is 2.27. The summed E-state index contributed by atoms with van der Waals surface area (Å²) in [5, 5.41) is 13.7. The third-order valence-electron chi connectivity index (χ3n) is 2.70. The number of benzene rings is 1. The molecule has 0 aliphatic heterocycles. The fourth-order valence-corrected chi connectivity index (χ4v) is 1.86. The van der Waals surface area contributed by atoms with Crippen molar-refractivity contribution in [1.29, 1.82) is 0 Å². The first-order valence-electron chi connectivity index (χ1n) is 5.29. The predicted octanol–water partition coefficient (Wildman–Crippen LogP) is 0.0717. The number of aliphatic hydroxyl groups excluding tert-OH is 1. The van der Waals surface area contributed by atoms with E-state index >= 15 is 0 Å². The van der Waals surface area contributed by atoms with Crippen LogP contribution in [0.5, 0.6) is 5.75 Å². The van der Waals surface area contributed by atoms with Gasteiger partial charge in [0.25, 0.3) is 0 Å². The van der Waals surface area contributed by atoms with Gasteiger partial charge in [0.2, 0.25) is 0 Å². The van der Waals surface area contributed by atoms with Gasteiger partial charge in [0, 0.05) is 5.39 Å². The minimum Gasteiger partial charge on any atom is -0.497 e. The number of ether oxygens (including phenoxy) is 1. The maximum absolute atomic E-state index is 11.7. The molecule has 0 saturated heterocycles. The summed E-state index contributed by atoms with van der Waals surface area (Å²) in [7, 11) is 1.56. The van der Waals surface area contributed by atoms with E-state index in [4.69, 9.17) is 9.84 Å². The van der Waals surface area contributed by atoms with Gasteiger partial charge in [-0.15, -0.1) is 5.10 Å². The first kappa shape index (κ1) is 10.7. The van der Waals surface area contributed by atoms with Crippen molar-refractivity contribution >= 4 is 16.6 Å². The van der Waals surface area contributed by atoms with Crippen molar-refractivity contribution in [1.82, 2.24) is 19.6 Å². The molecule has 0 radical (unpaired) electrons. The Bertz CT molecular complexity index is 790. The average molecular weight is 246 g/mol. The molecule has 92 valence electrons. The molecule has 18 heavy (non-hydrogen) atoms. The monoisotopic (exact) mass is 246 g/mol. The third kappa shape index (κ3) is 1.45. The van der Waals surface area contributed by atoms with Gasteiger partial charge in [0.1, 0.15) is 18.0 Å². The molecule has 2 N–H and O–H groups in total. The summed E-state index contributed by atoms with van der Waals surface area (Å²) < 4.78 is 6.27. The number of rotatable bonds is 2. The van der Waals surface area contributed by atoms with Gasteiger partial charge in [0.05, 0.1) is 12.6 Å². The Morgan fingerprint density at radius 1 is 1.50 bits per heavy atom. The molecule has 3 aromatic rings. The summed E-state index contributed by atoms with van der Waals surface area (Å²) in [6.45, 7) is -0.271. The number of aromatic nitrogens is 4. The molecule has 2 aromatic heterocycles. The molecule has 0 aliphatic carbocycles. The van der Waals surface area contributed by atoms with Crippen LogP contribution in [-0.2, 0) is 6.61 Å². The zero-order valence-corrected chi connectivity index (χ0v) is 9.54. The smallest absolute Gasteiger partial charge is 0.370 e. The molecule has 2 heterocycles. The average Bonchev–Trinajstić information content (AvgIpc) is 2.83. The van der Waals surface area contributed by atoms with E-state index in [1.165, 1.54) is 0 Å². The van der Waals surface area contributed by atoms with Crippen LogP contribution in [0.4, 0.5) is 0 Å². The van der Waals surface area contributed by atoms with Crippen molar-refractivity contribution in [2.75, 3.05) is 7.11 Å². The van der Waals surface area contributed by atoms with Crippen LogP contribution >= 0.6 is 0 Å². The van der Waals surface area contributed by atoms with Gasteiger partial charge >= 0.3 is 5.69 Å². The first-order chi connectivity index (χ1) is 8.72. The molecule has 0 amide bonds. The van der Waals surface area contributed by atoms with E-state index in [1.54, 1.807) is 25.3 Å². The number of hydrogen-bond acceptors (Lipinski definition) is 5. The van der Waals surface area contributed by atoms with Crippen molar-refractivity contribution in [2.24, 2.45) is 0 Å². The van der Waals surface area contributed by atoms with Crippen molar-refractivity contribution in [2.45, 2.75) is 6.61 Å². The molecule has 0 atom stereocenters. The summed E-state index contributed by atoms with van der Waals surface area (Å²) in [6.07, 6.45) is 0. The molecular weight excluding hydrogens is 236 g/mol. The number of nitrogens with zero attached hydrogens (tertiary/aromatic N) is 3. The summed E-state index contributed by atoms with van der Waals surface area (Å²) in [5.74, 6) is 0.967. The second-order valence-corrected chi connectivity index (χ2v) is 3.77. The van der Waals surface area contributed by atoms with Gasteiger partial charge in [0.15, 0.2) is 5.82 Å². The maximum atomic E-state index is 11.7. The van der Waals surface area contributed by atoms with Gasteiger partial charge < -0.3 is 14.8 Å². The second kappa shape index (κ2) is 3.81. The number of H-pyrrole nitrogens is 1. The van der Waals surface area contributed by atoms with Gasteiger partial charge in [-0.3, -0.25) is 0 Å². The highest BCUT2D eigenvalue weighted by Crippen LogP contribution is 2.21. The highest BCUT2D eigenvalue weighted by molar-refractivity contribution is 5.91. The lowest BCUT2D eigenvalue weighted by Gasteiger charge is -2.02. The molecule has 1 aromatic carbocycles. The standard InChI is InChI=1S/C11H10N4O3/c1-18-6-2-3-8-7(4-6)10-13-9(5-16)14-15(10)11(17)12-8/h2-4,16H,5H2,1H3,(H,13,14). The van der Waals surface area contributed by atoms with Crippen LogP contribution in [0.15, 0.2) is 23.0 Å². The van der Waals surface area contributed by atoms with Gasteiger partial charge in [-0.05, 0) is 18.2 Å². The number of nitrogens with one attached hydrogen (secondary N) is 1. The lowest BCUT2D eigenvalue weighted by molar-refractivity contribution is 0.271. The van der Waals surface area contributed by atoms with Gasteiger partial charge in [-0.1, -0.05) is 0 Å². The molecule has 0 fully saturated rings. The van der Waals surface area contributed by atoms with E-state index in [-0.39, 0.29) is 6.61 Å². The fourth-order valence-electron chi connectivity index (χ4n) is 1.86. The van der Waals surface area contributed by atoms with Gasteiger partial charge in [-0.2, -0.15) is 9.50 Å². The largest absolute Gasteiger partial charge is 0.497 e. The zero-order chi connectivity index (χ0) is 12.7. The molecule has 0 spiro atoms. The summed E-state index contributed by atoms with van der Waals surface area (Å²) in [5.41, 5.74) is 0.556. The minimum absolute atomic E-state index is 0.271. The number of hydrogen-bond donors (Lipinski definition) is 2. The molecular formula is C11H10N4O3. The van der Waals surface area contributed by atoms with Crippen LogP contribution < -0.4 is 10.4 Å². The molecule has 7 nitrogen and oxygen atoms in total. The Hall–Kier alpha value is -2.41. The van der Waals surface area contributed by atoms with Crippen LogP contribution in [0, 0.1) is 0 Å². The molecule has 0 saturated carbocycles. The SMILES string of the molecule is COc1ccc2nc(=O)n3nc(CO)[nH]c3c2c1. The predicted molar refractivity (Wildman–Crippen MR) is 63.6 cm³/mol. The highest BCUT2D eigenvalue weighted by Gasteiger charge is 2.10. The highest BCUT2D eigenvalue weighted by atomic mass is 16.5. The Balaban J connectivity index is 2.48. The van der Waals surface area contributed by atoms with Crippen molar-refractivity contribution < 1.29 is 9.84 Å². The van der Waals surface area contributed by atoms with Crippen molar-refractivity contribution in [3.63, 3.8) is 0 Å². The maximum Gasteiger partial charge on any atom is 0.370 e. The van der Waals surface area contributed by atoms with E-state index < -0.39 is 5.69 Å². The number of aromatic amines is 1. The van der Waals surface area contributed by atoms with E-state index in [2.05, 4.69) is 15.1 Å². The third-order valence-corrected chi connectivity index (χ3v) is 2.70. The topological polar surface area (TPSA) is 92.5 Å². The van der Waals surface area contributed by atoms with Gasteiger partial charge in [-0.25, -0.2) is 4.79 Å². The zero-order valence-electron chi connectivity index (χ0n) is 9.54. The van der Waals surface area contributed by atoms with E-state index in [9.17, 15) is 4.79 Å². The normalized spacial score (nSPS) is 11.2. The summed E-state index contributed by atoms with van der Waals surface area (Å²) >= 11 is 0. The van der Waals surface area contributed by atoms with Crippen LogP contribution in [0.2, 0.25) is 0 Å². The van der Waals surface area contributed by atoms with Crippen LogP contribution in [-0.4, -0.2) is 31.8 Å². The quantitative estimate of drug-likeness (QED) is 0.667. The molecule has 7 heteroatoms. The van der Waals surface area contributed by atoms with Crippen molar-refractivity contribution in [3.8, 4) is 5.75 Å². The number of fused-ring (bicyclic) bond motifs is 3. The number of methoxy groups -OCH3 is 1.